The van der Waals surface area contributed by atoms with Gasteiger partial charge in [0.05, 0.1) is 12.8 Å². The highest BCUT2D eigenvalue weighted by atomic mass is 16.5. The van der Waals surface area contributed by atoms with E-state index in [0.29, 0.717) is 17.0 Å². The van der Waals surface area contributed by atoms with Crippen LogP contribution in [0.3, 0.4) is 0 Å². The Bertz CT molecular complexity index is 719. The Balaban J connectivity index is 2.16. The molecule has 1 unspecified atom stereocenters. The van der Waals surface area contributed by atoms with Crippen molar-refractivity contribution in [3.8, 4) is 5.75 Å². The predicted molar refractivity (Wildman–Crippen MR) is 90.7 cm³/mol. The number of aliphatic carboxylic acids is 1. The molecule has 7 nitrogen and oxygen atoms in total. The molecule has 25 heavy (non-hydrogen) atoms. The number of carbonyl (C=O) groups is 2. The van der Waals surface area contributed by atoms with Crippen LogP contribution in [0.1, 0.15) is 60.5 Å². The zero-order valence-corrected chi connectivity index (χ0v) is 14.5. The van der Waals surface area contributed by atoms with E-state index in [2.05, 4.69) is 10.5 Å². The smallest absolute Gasteiger partial charge is 0.330 e. The van der Waals surface area contributed by atoms with Crippen LogP contribution in [-0.4, -0.2) is 29.2 Å². The molecule has 134 valence electrons. The molecular weight excluding hydrogens is 324 g/mol. The maximum absolute atomic E-state index is 12.3. The van der Waals surface area contributed by atoms with E-state index in [1.54, 1.807) is 30.3 Å². The van der Waals surface area contributed by atoms with Gasteiger partial charge in [-0.25, -0.2) is 4.79 Å². The van der Waals surface area contributed by atoms with Crippen molar-refractivity contribution in [2.45, 2.75) is 38.6 Å². The summed E-state index contributed by atoms with van der Waals surface area (Å²) in [5, 5.41) is 15.8. The van der Waals surface area contributed by atoms with Gasteiger partial charge in [-0.2, -0.15) is 0 Å². The highest BCUT2D eigenvalue weighted by molar-refractivity contribution is 5.94. The lowest BCUT2D eigenvalue weighted by molar-refractivity contribution is -0.139. The molecule has 0 spiro atoms. The van der Waals surface area contributed by atoms with Gasteiger partial charge >= 0.3 is 5.97 Å². The molecule has 1 heterocycles. The monoisotopic (exact) mass is 346 g/mol. The molecular formula is C18H22N2O5. The van der Waals surface area contributed by atoms with Crippen LogP contribution >= 0.6 is 0 Å². The number of benzene rings is 1. The topological polar surface area (TPSA) is 102 Å². The third kappa shape index (κ3) is 4.37. The maximum atomic E-state index is 12.3. The molecule has 2 N–H and O–H groups in total. The van der Waals surface area contributed by atoms with Crippen LogP contribution in [0.4, 0.5) is 0 Å². The second-order valence-corrected chi connectivity index (χ2v) is 5.65. The minimum Gasteiger partial charge on any atom is -0.497 e. The molecule has 0 bridgehead atoms. The Hall–Kier alpha value is -2.83. The number of ether oxygens (including phenoxy) is 1. The number of methoxy groups -OCH3 is 1. The quantitative estimate of drug-likeness (QED) is 0.761. The molecule has 0 aliphatic carbocycles. The largest absolute Gasteiger partial charge is 0.497 e. The summed E-state index contributed by atoms with van der Waals surface area (Å²) < 4.78 is 10.1. The fourth-order valence-electron chi connectivity index (χ4n) is 2.58. The van der Waals surface area contributed by atoms with Gasteiger partial charge in [0.1, 0.15) is 5.75 Å². The summed E-state index contributed by atoms with van der Waals surface area (Å²) in [6, 6.07) is 6.83. The zero-order chi connectivity index (χ0) is 18.4. The lowest BCUT2D eigenvalue weighted by atomic mass is 9.99. The van der Waals surface area contributed by atoms with Gasteiger partial charge < -0.3 is 19.7 Å². The van der Waals surface area contributed by atoms with Crippen LogP contribution in [0.5, 0.6) is 5.75 Å². The Morgan fingerprint density at radius 1 is 1.24 bits per heavy atom. The van der Waals surface area contributed by atoms with Crippen molar-refractivity contribution in [1.29, 1.82) is 0 Å². The van der Waals surface area contributed by atoms with Crippen LogP contribution in [0, 0.1) is 0 Å². The molecule has 1 atom stereocenters. The first-order chi connectivity index (χ1) is 12.0. The van der Waals surface area contributed by atoms with E-state index in [1.807, 2.05) is 13.8 Å². The first-order valence-electron chi connectivity index (χ1n) is 8.14. The Morgan fingerprint density at radius 2 is 1.88 bits per heavy atom. The molecule has 0 aliphatic rings. The molecule has 0 saturated heterocycles. The zero-order valence-electron chi connectivity index (χ0n) is 14.5. The van der Waals surface area contributed by atoms with Crippen molar-refractivity contribution < 1.29 is 24.0 Å². The van der Waals surface area contributed by atoms with E-state index in [1.165, 1.54) is 7.11 Å². The minimum atomic E-state index is -1.19. The second kappa shape index (κ2) is 8.32. The first kappa shape index (κ1) is 18.5. The third-order valence-electron chi connectivity index (χ3n) is 4.13. The molecule has 2 aromatic rings. The SMILES string of the molecule is CCC(CC)c1cc(C(=O)NC(C(=O)O)c2ccc(OC)cc2)on1. The normalized spacial score (nSPS) is 12.0. The highest BCUT2D eigenvalue weighted by Gasteiger charge is 2.25. The van der Waals surface area contributed by atoms with Crippen LogP contribution in [0.2, 0.25) is 0 Å². The van der Waals surface area contributed by atoms with Gasteiger partial charge in [-0.3, -0.25) is 4.79 Å². The Labute approximate surface area is 146 Å². The minimum absolute atomic E-state index is 0.00154. The summed E-state index contributed by atoms with van der Waals surface area (Å²) in [7, 11) is 1.52. The van der Waals surface area contributed by atoms with Crippen LogP contribution < -0.4 is 10.1 Å². The molecule has 1 aromatic heterocycles. The second-order valence-electron chi connectivity index (χ2n) is 5.65. The van der Waals surface area contributed by atoms with E-state index in [4.69, 9.17) is 9.26 Å². The Kier molecular flexibility index (Phi) is 6.16. The maximum Gasteiger partial charge on any atom is 0.330 e. The van der Waals surface area contributed by atoms with E-state index >= 15 is 0 Å². The molecule has 1 aromatic carbocycles. The molecule has 0 fully saturated rings. The van der Waals surface area contributed by atoms with E-state index < -0.39 is 17.9 Å². The number of hydrogen-bond donors (Lipinski definition) is 2. The number of hydrogen-bond acceptors (Lipinski definition) is 5. The number of amides is 1. The lowest BCUT2D eigenvalue weighted by Gasteiger charge is -2.14. The summed E-state index contributed by atoms with van der Waals surface area (Å²) in [4.78, 5) is 23.9. The number of rotatable bonds is 8. The number of nitrogens with zero attached hydrogens (tertiary/aromatic N) is 1. The van der Waals surface area contributed by atoms with Gasteiger partial charge in [0.15, 0.2) is 6.04 Å². The summed E-state index contributed by atoms with van der Waals surface area (Å²) in [5.74, 6) is -0.973. The van der Waals surface area contributed by atoms with Gasteiger partial charge in [-0.15, -0.1) is 0 Å². The van der Waals surface area contributed by atoms with E-state index in [-0.39, 0.29) is 11.7 Å². The molecule has 7 heteroatoms. The summed E-state index contributed by atoms with van der Waals surface area (Å²) in [6.45, 7) is 4.07. The third-order valence-corrected chi connectivity index (χ3v) is 4.13. The van der Waals surface area contributed by atoms with Gasteiger partial charge in [0.2, 0.25) is 5.76 Å². The lowest BCUT2D eigenvalue weighted by Crippen LogP contribution is -2.33. The van der Waals surface area contributed by atoms with Crippen molar-refractivity contribution in [2.24, 2.45) is 0 Å². The van der Waals surface area contributed by atoms with Crippen molar-refractivity contribution in [3.63, 3.8) is 0 Å². The van der Waals surface area contributed by atoms with E-state index in [0.717, 1.165) is 12.8 Å². The van der Waals surface area contributed by atoms with Crippen LogP contribution in [0.15, 0.2) is 34.9 Å². The average Bonchev–Trinajstić information content (AvgIpc) is 3.10. The first-order valence-corrected chi connectivity index (χ1v) is 8.14. The number of carboxylic acid groups (broad SMARTS) is 1. The van der Waals surface area contributed by atoms with Gasteiger partial charge in [-0.05, 0) is 30.5 Å². The average molecular weight is 346 g/mol. The van der Waals surface area contributed by atoms with Crippen LogP contribution in [0.25, 0.3) is 0 Å². The van der Waals surface area contributed by atoms with Gasteiger partial charge in [0.25, 0.3) is 5.91 Å². The molecule has 2 rings (SSSR count). The Morgan fingerprint density at radius 3 is 2.40 bits per heavy atom. The molecule has 0 aliphatic heterocycles. The number of aromatic nitrogens is 1. The summed E-state index contributed by atoms with van der Waals surface area (Å²) in [6.07, 6.45) is 1.77. The van der Waals surface area contributed by atoms with Crippen molar-refractivity contribution in [2.75, 3.05) is 7.11 Å². The number of carboxylic acids is 1. The summed E-state index contributed by atoms with van der Waals surface area (Å²) in [5.41, 5.74) is 1.13. The molecule has 0 saturated carbocycles. The molecule has 1 amide bonds. The van der Waals surface area contributed by atoms with Gasteiger partial charge in [0, 0.05) is 12.0 Å². The standard InChI is InChI=1S/C18H22N2O5/c1-4-11(5-2)14-10-15(25-20-14)17(21)19-16(18(22)23)12-6-8-13(24-3)9-7-12/h6-11,16H,4-5H2,1-3H3,(H,19,21)(H,22,23). The van der Waals surface area contributed by atoms with Crippen molar-refractivity contribution >= 4 is 11.9 Å². The number of nitrogens with one attached hydrogen (secondary N) is 1. The molecule has 0 radical (unpaired) electrons. The predicted octanol–water partition coefficient (Wildman–Crippen LogP) is 3.14. The summed E-state index contributed by atoms with van der Waals surface area (Å²) >= 11 is 0. The van der Waals surface area contributed by atoms with Gasteiger partial charge in [-0.1, -0.05) is 31.1 Å². The fraction of sp³-hybridized carbons (Fsp3) is 0.389. The van der Waals surface area contributed by atoms with Crippen molar-refractivity contribution in [1.82, 2.24) is 10.5 Å². The highest BCUT2D eigenvalue weighted by Crippen LogP contribution is 2.23. The van der Waals surface area contributed by atoms with Crippen molar-refractivity contribution in [3.05, 3.63) is 47.3 Å². The van der Waals surface area contributed by atoms with E-state index in [9.17, 15) is 14.7 Å². The fourth-order valence-corrected chi connectivity index (χ4v) is 2.58. The number of carbonyl (C=O) groups excluding carboxylic acids is 1. The van der Waals surface area contributed by atoms with Crippen LogP contribution in [-0.2, 0) is 4.79 Å².